The average molecular weight is 385 g/mol. The number of nitrogens with one attached hydrogen (secondary N) is 3. The van der Waals surface area contributed by atoms with Gasteiger partial charge in [-0.3, -0.25) is 14.9 Å². The molecule has 0 aliphatic heterocycles. The molecule has 0 heterocycles. The lowest BCUT2D eigenvalue weighted by molar-refractivity contribution is 0.0918. The van der Waals surface area contributed by atoms with Crippen molar-refractivity contribution in [2.45, 2.75) is 26.3 Å². The summed E-state index contributed by atoms with van der Waals surface area (Å²) in [4.78, 5) is 24.3. The maximum atomic E-state index is 12.2. The van der Waals surface area contributed by atoms with Crippen molar-refractivity contribution in [3.8, 4) is 5.75 Å². The molecule has 0 spiro atoms. The predicted octanol–water partition coefficient (Wildman–Crippen LogP) is 3.35. The minimum Gasteiger partial charge on any atom is -0.497 e. The van der Waals surface area contributed by atoms with Crippen LogP contribution < -0.4 is 20.7 Å². The summed E-state index contributed by atoms with van der Waals surface area (Å²) in [7, 11) is 1.56. The van der Waals surface area contributed by atoms with E-state index in [1.165, 1.54) is 0 Å². The SMILES string of the molecule is COc1ccc(C(=O)NC(=S)Nc2ccc(C(=O)NC(C)(C)C)cc2)cc1. The summed E-state index contributed by atoms with van der Waals surface area (Å²) < 4.78 is 5.06. The van der Waals surface area contributed by atoms with Crippen LogP contribution in [0.4, 0.5) is 5.69 Å². The number of rotatable bonds is 4. The first kappa shape index (κ1) is 20.4. The van der Waals surface area contributed by atoms with Crippen molar-refractivity contribution in [2.75, 3.05) is 12.4 Å². The predicted molar refractivity (Wildman–Crippen MR) is 110 cm³/mol. The first-order valence-corrected chi connectivity index (χ1v) is 8.78. The molecule has 0 radical (unpaired) electrons. The maximum absolute atomic E-state index is 12.2. The van der Waals surface area contributed by atoms with Gasteiger partial charge in [0, 0.05) is 22.4 Å². The molecule has 0 saturated heterocycles. The fraction of sp³-hybridized carbons (Fsp3) is 0.250. The van der Waals surface area contributed by atoms with Gasteiger partial charge in [0.15, 0.2) is 5.11 Å². The first-order valence-electron chi connectivity index (χ1n) is 8.37. The van der Waals surface area contributed by atoms with Crippen molar-refractivity contribution in [1.82, 2.24) is 10.6 Å². The highest BCUT2D eigenvalue weighted by atomic mass is 32.1. The molecule has 7 heteroatoms. The molecule has 27 heavy (non-hydrogen) atoms. The fourth-order valence-corrected chi connectivity index (χ4v) is 2.41. The van der Waals surface area contributed by atoms with Gasteiger partial charge in [-0.25, -0.2) is 0 Å². The maximum Gasteiger partial charge on any atom is 0.257 e. The van der Waals surface area contributed by atoms with Crippen molar-refractivity contribution in [2.24, 2.45) is 0 Å². The monoisotopic (exact) mass is 385 g/mol. The lowest BCUT2D eigenvalue weighted by Gasteiger charge is -2.20. The molecule has 2 aromatic carbocycles. The summed E-state index contributed by atoms with van der Waals surface area (Å²) in [5.41, 5.74) is 1.38. The van der Waals surface area contributed by atoms with E-state index in [-0.39, 0.29) is 22.5 Å². The van der Waals surface area contributed by atoms with Crippen molar-refractivity contribution in [3.05, 3.63) is 59.7 Å². The number of methoxy groups -OCH3 is 1. The van der Waals surface area contributed by atoms with E-state index in [4.69, 9.17) is 17.0 Å². The number of ether oxygens (including phenoxy) is 1. The van der Waals surface area contributed by atoms with Crippen molar-refractivity contribution < 1.29 is 14.3 Å². The molecule has 3 N–H and O–H groups in total. The Morgan fingerprint density at radius 3 is 1.93 bits per heavy atom. The van der Waals surface area contributed by atoms with Crippen LogP contribution in [0.5, 0.6) is 5.75 Å². The quantitative estimate of drug-likeness (QED) is 0.704. The summed E-state index contributed by atoms with van der Waals surface area (Å²) in [5, 5.41) is 8.60. The Labute approximate surface area is 164 Å². The molecule has 0 fully saturated rings. The Kier molecular flexibility index (Phi) is 6.52. The van der Waals surface area contributed by atoms with Gasteiger partial charge in [0.25, 0.3) is 11.8 Å². The normalized spacial score (nSPS) is 10.7. The standard InChI is InChI=1S/C20H23N3O3S/c1-20(2,3)23-18(25)14-5-9-15(10-6-14)21-19(27)22-17(24)13-7-11-16(26-4)12-8-13/h5-12H,1-4H3,(H,23,25)(H2,21,22,24,27). The number of carbonyl (C=O) groups is 2. The first-order chi connectivity index (χ1) is 12.7. The molecular weight excluding hydrogens is 362 g/mol. The van der Waals surface area contributed by atoms with Crippen LogP contribution >= 0.6 is 12.2 Å². The summed E-state index contributed by atoms with van der Waals surface area (Å²) in [6.07, 6.45) is 0. The van der Waals surface area contributed by atoms with Gasteiger partial charge in [-0.2, -0.15) is 0 Å². The number of hydrogen-bond acceptors (Lipinski definition) is 4. The third-order valence-electron chi connectivity index (χ3n) is 3.47. The number of thiocarbonyl (C=S) groups is 1. The van der Waals surface area contributed by atoms with Crippen LogP contribution in [-0.4, -0.2) is 29.6 Å². The molecule has 0 unspecified atom stereocenters. The van der Waals surface area contributed by atoms with Gasteiger partial charge < -0.3 is 15.4 Å². The van der Waals surface area contributed by atoms with Gasteiger partial charge in [-0.1, -0.05) is 0 Å². The number of hydrogen-bond donors (Lipinski definition) is 3. The highest BCUT2D eigenvalue weighted by molar-refractivity contribution is 7.80. The van der Waals surface area contributed by atoms with Gasteiger partial charge >= 0.3 is 0 Å². The summed E-state index contributed by atoms with van der Waals surface area (Å²) >= 11 is 5.17. The highest BCUT2D eigenvalue weighted by Gasteiger charge is 2.15. The molecule has 2 amide bonds. The zero-order valence-electron chi connectivity index (χ0n) is 15.8. The van der Waals surface area contributed by atoms with Gasteiger partial charge in [0.2, 0.25) is 0 Å². The molecule has 0 aliphatic rings. The molecule has 0 aliphatic carbocycles. The van der Waals surface area contributed by atoms with Crippen LogP contribution in [0.25, 0.3) is 0 Å². The fourth-order valence-electron chi connectivity index (χ4n) is 2.20. The van der Waals surface area contributed by atoms with E-state index in [0.29, 0.717) is 22.6 Å². The number of carbonyl (C=O) groups excluding carboxylic acids is 2. The minimum atomic E-state index is -0.323. The molecule has 2 rings (SSSR count). The molecule has 0 bridgehead atoms. The zero-order chi connectivity index (χ0) is 20.0. The molecule has 0 saturated carbocycles. The van der Waals surface area contributed by atoms with E-state index in [9.17, 15) is 9.59 Å². The second kappa shape index (κ2) is 8.64. The number of amides is 2. The van der Waals surface area contributed by atoms with Gasteiger partial charge in [0.1, 0.15) is 5.75 Å². The second-order valence-corrected chi connectivity index (χ2v) is 7.33. The third-order valence-corrected chi connectivity index (χ3v) is 3.68. The van der Waals surface area contributed by atoms with E-state index >= 15 is 0 Å². The summed E-state index contributed by atoms with van der Waals surface area (Å²) in [5.74, 6) is 0.198. The third kappa shape index (κ3) is 6.38. The van der Waals surface area contributed by atoms with Crippen LogP contribution in [-0.2, 0) is 0 Å². The largest absolute Gasteiger partial charge is 0.497 e. The van der Waals surface area contributed by atoms with Crippen LogP contribution in [0.1, 0.15) is 41.5 Å². The average Bonchev–Trinajstić information content (AvgIpc) is 2.60. The Morgan fingerprint density at radius 1 is 0.889 bits per heavy atom. The van der Waals surface area contributed by atoms with Crippen molar-refractivity contribution in [3.63, 3.8) is 0 Å². The van der Waals surface area contributed by atoms with Crippen molar-refractivity contribution in [1.29, 1.82) is 0 Å². The van der Waals surface area contributed by atoms with Crippen molar-refractivity contribution >= 4 is 34.8 Å². The van der Waals surface area contributed by atoms with Gasteiger partial charge in [-0.05, 0) is 81.5 Å². The molecule has 6 nitrogen and oxygen atoms in total. The summed E-state index contributed by atoms with van der Waals surface area (Å²) in [6, 6.07) is 13.5. The van der Waals surface area contributed by atoms with Crippen LogP contribution in [0.3, 0.4) is 0 Å². The minimum absolute atomic E-state index is 0.149. The highest BCUT2D eigenvalue weighted by Crippen LogP contribution is 2.13. The Balaban J connectivity index is 1.93. The zero-order valence-corrected chi connectivity index (χ0v) is 16.6. The van der Waals surface area contributed by atoms with E-state index in [1.807, 2.05) is 20.8 Å². The van der Waals surface area contributed by atoms with Crippen LogP contribution in [0, 0.1) is 0 Å². The molecule has 2 aromatic rings. The topological polar surface area (TPSA) is 79.5 Å². The number of benzene rings is 2. The smallest absolute Gasteiger partial charge is 0.257 e. The van der Waals surface area contributed by atoms with E-state index < -0.39 is 0 Å². The molecule has 0 atom stereocenters. The molecule has 142 valence electrons. The molecule has 0 aromatic heterocycles. The number of anilines is 1. The second-order valence-electron chi connectivity index (χ2n) is 6.92. The Morgan fingerprint density at radius 2 is 1.41 bits per heavy atom. The van der Waals surface area contributed by atoms with Crippen LogP contribution in [0.15, 0.2) is 48.5 Å². The van der Waals surface area contributed by atoms with E-state index in [1.54, 1.807) is 55.6 Å². The van der Waals surface area contributed by atoms with Gasteiger partial charge in [0.05, 0.1) is 7.11 Å². The summed E-state index contributed by atoms with van der Waals surface area (Å²) in [6.45, 7) is 5.76. The van der Waals surface area contributed by atoms with E-state index in [2.05, 4.69) is 16.0 Å². The van der Waals surface area contributed by atoms with Gasteiger partial charge in [-0.15, -0.1) is 0 Å². The lowest BCUT2D eigenvalue weighted by atomic mass is 10.1. The van der Waals surface area contributed by atoms with E-state index in [0.717, 1.165) is 0 Å². The van der Waals surface area contributed by atoms with Crippen LogP contribution in [0.2, 0.25) is 0 Å². The Bertz CT molecular complexity index is 825. The molecular formula is C20H23N3O3S. The Hall–Kier alpha value is -2.93. The lowest BCUT2D eigenvalue weighted by Crippen LogP contribution is -2.40.